The Balaban J connectivity index is 1.36. The molecule has 35 heavy (non-hydrogen) atoms. The van der Waals surface area contributed by atoms with E-state index in [9.17, 15) is 4.79 Å². The second-order valence-electron chi connectivity index (χ2n) is 9.60. The van der Waals surface area contributed by atoms with Crippen molar-refractivity contribution in [3.8, 4) is 11.5 Å². The van der Waals surface area contributed by atoms with Gasteiger partial charge in [-0.25, -0.2) is 4.79 Å². The molecule has 4 aliphatic heterocycles. The van der Waals surface area contributed by atoms with E-state index < -0.39 is 5.60 Å². The van der Waals surface area contributed by atoms with Crippen LogP contribution in [0.3, 0.4) is 0 Å². The zero-order chi connectivity index (χ0) is 23.7. The van der Waals surface area contributed by atoms with Crippen molar-refractivity contribution in [3.63, 3.8) is 0 Å². The lowest BCUT2D eigenvalue weighted by Crippen LogP contribution is -2.52. The number of esters is 1. The van der Waals surface area contributed by atoms with Crippen LogP contribution in [0.25, 0.3) is 0 Å². The maximum atomic E-state index is 13.1. The Kier molecular flexibility index (Phi) is 4.44. The monoisotopic (exact) mass is 470 g/mol. The Labute approximate surface area is 203 Å². The molecule has 0 N–H and O–H groups in total. The molecule has 4 aliphatic rings. The number of ether oxygens (including phenoxy) is 4. The lowest BCUT2D eigenvalue weighted by molar-refractivity contribution is 0.0224. The average Bonchev–Trinajstić information content (AvgIpc) is 3.11. The molecule has 0 aromatic heterocycles. The van der Waals surface area contributed by atoms with Crippen LogP contribution in [0.5, 0.6) is 11.5 Å². The van der Waals surface area contributed by atoms with Crippen LogP contribution in [-0.4, -0.2) is 58.6 Å². The molecule has 0 unspecified atom stereocenters. The fourth-order valence-electron chi connectivity index (χ4n) is 5.64. The summed E-state index contributed by atoms with van der Waals surface area (Å²) in [5.41, 5.74) is 4.21. The molecule has 0 bridgehead atoms. The molecule has 178 valence electrons. The largest absolute Gasteiger partial charge is 0.456 e. The Bertz CT molecular complexity index is 1270. The van der Waals surface area contributed by atoms with Crippen molar-refractivity contribution in [3.05, 3.63) is 82.9 Å². The molecule has 0 saturated carbocycles. The van der Waals surface area contributed by atoms with Crippen LogP contribution >= 0.6 is 0 Å². The highest BCUT2D eigenvalue weighted by Crippen LogP contribution is 2.57. The van der Waals surface area contributed by atoms with Crippen LogP contribution in [0.1, 0.15) is 27.0 Å². The lowest BCUT2D eigenvalue weighted by atomic mass is 9.77. The maximum Gasteiger partial charge on any atom is 0.340 e. The normalized spacial score (nSPS) is 19.9. The number of nitrogens with zero attached hydrogens (tertiary/aromatic N) is 2. The highest BCUT2D eigenvalue weighted by molar-refractivity contribution is 5.97. The SMILES string of the molecule is COC1CN(c2ccc3c(c2)Oc2cc(N4CC(OC)C4)ccc2C32OC(=O)c3ccccc32)C1. The second-order valence-corrected chi connectivity index (χ2v) is 9.60. The van der Waals surface area contributed by atoms with E-state index in [4.69, 9.17) is 18.9 Å². The molecule has 2 fully saturated rings. The number of hydrogen-bond donors (Lipinski definition) is 0. The Morgan fingerprint density at radius 1 is 0.771 bits per heavy atom. The first-order valence-corrected chi connectivity index (χ1v) is 12.0. The van der Waals surface area contributed by atoms with Gasteiger partial charge in [0.1, 0.15) is 11.5 Å². The summed E-state index contributed by atoms with van der Waals surface area (Å²) >= 11 is 0. The van der Waals surface area contributed by atoms with Crippen LogP contribution in [-0.2, 0) is 19.8 Å². The standard InChI is InChI=1S/C28H26N2O5/c1-32-19-13-29(14-19)17-7-9-23-25(11-17)34-26-12-18(30-15-20(16-30)33-2)8-10-24(26)28(23)22-6-4-3-5-21(22)27(31)35-28/h3-12,19-20H,13-16H2,1-2H3. The van der Waals surface area contributed by atoms with Crippen LogP contribution in [0.4, 0.5) is 11.4 Å². The molecule has 2 saturated heterocycles. The third-order valence-electron chi connectivity index (χ3n) is 7.77. The summed E-state index contributed by atoms with van der Waals surface area (Å²) in [5.74, 6) is 1.09. The van der Waals surface area contributed by atoms with E-state index in [0.29, 0.717) is 17.1 Å². The maximum absolute atomic E-state index is 13.1. The predicted octanol–water partition coefficient (Wildman–Crippen LogP) is 3.92. The Morgan fingerprint density at radius 3 is 1.86 bits per heavy atom. The fourth-order valence-corrected chi connectivity index (χ4v) is 5.64. The van der Waals surface area contributed by atoms with Gasteiger partial charge >= 0.3 is 5.97 Å². The van der Waals surface area contributed by atoms with Gasteiger partial charge in [0, 0.05) is 80.6 Å². The van der Waals surface area contributed by atoms with Crippen molar-refractivity contribution < 1.29 is 23.7 Å². The number of fused-ring (bicyclic) bond motifs is 6. The van der Waals surface area contributed by atoms with Crippen molar-refractivity contribution >= 4 is 17.3 Å². The zero-order valence-electron chi connectivity index (χ0n) is 19.7. The first-order chi connectivity index (χ1) is 17.1. The van der Waals surface area contributed by atoms with E-state index in [2.05, 4.69) is 34.1 Å². The Hall–Kier alpha value is -3.55. The molecule has 0 radical (unpaired) electrons. The molecule has 3 aromatic rings. The van der Waals surface area contributed by atoms with E-state index in [1.54, 1.807) is 14.2 Å². The minimum absolute atomic E-state index is 0.247. The fraction of sp³-hybridized carbons (Fsp3) is 0.321. The first-order valence-electron chi connectivity index (χ1n) is 12.0. The van der Waals surface area contributed by atoms with Gasteiger partial charge < -0.3 is 28.7 Å². The van der Waals surface area contributed by atoms with Crippen LogP contribution in [0.2, 0.25) is 0 Å². The summed E-state index contributed by atoms with van der Waals surface area (Å²) in [7, 11) is 3.49. The van der Waals surface area contributed by atoms with Crippen molar-refractivity contribution in [2.45, 2.75) is 17.8 Å². The second kappa shape index (κ2) is 7.47. The smallest absolute Gasteiger partial charge is 0.340 e. The van der Waals surface area contributed by atoms with Crippen molar-refractivity contribution in [2.24, 2.45) is 0 Å². The van der Waals surface area contributed by atoms with Gasteiger partial charge in [0.05, 0.1) is 17.8 Å². The quantitative estimate of drug-likeness (QED) is 0.536. The first kappa shape index (κ1) is 20.8. The summed E-state index contributed by atoms with van der Waals surface area (Å²) in [6, 6.07) is 20.0. The summed E-state index contributed by atoms with van der Waals surface area (Å²) in [6.45, 7) is 3.37. The molecule has 0 aliphatic carbocycles. The van der Waals surface area contributed by atoms with Crippen LogP contribution < -0.4 is 14.5 Å². The molecule has 7 heteroatoms. The highest BCUT2D eigenvalue weighted by atomic mass is 16.6. The van der Waals surface area contributed by atoms with Gasteiger partial charge in [-0.1, -0.05) is 18.2 Å². The van der Waals surface area contributed by atoms with E-state index in [1.165, 1.54) is 0 Å². The van der Waals surface area contributed by atoms with Gasteiger partial charge in [0.25, 0.3) is 0 Å². The van der Waals surface area contributed by atoms with Gasteiger partial charge in [-0.15, -0.1) is 0 Å². The third kappa shape index (κ3) is 2.88. The van der Waals surface area contributed by atoms with Gasteiger partial charge in [-0.3, -0.25) is 0 Å². The minimum atomic E-state index is -1.04. The summed E-state index contributed by atoms with van der Waals surface area (Å²) in [4.78, 5) is 17.6. The molecular formula is C28H26N2O5. The van der Waals surface area contributed by atoms with Crippen molar-refractivity contribution in [1.82, 2.24) is 0 Å². The molecule has 0 atom stereocenters. The number of carbonyl (C=O) groups is 1. The number of carbonyl (C=O) groups excluding carboxylic acids is 1. The topological polar surface area (TPSA) is 60.5 Å². The number of rotatable bonds is 4. The molecule has 1 spiro atoms. The number of benzene rings is 3. The summed E-state index contributed by atoms with van der Waals surface area (Å²) in [6.07, 6.45) is 0.494. The van der Waals surface area contributed by atoms with Gasteiger partial charge in [0.2, 0.25) is 0 Å². The summed E-state index contributed by atoms with van der Waals surface area (Å²) in [5, 5.41) is 0. The van der Waals surface area contributed by atoms with Crippen molar-refractivity contribution in [2.75, 3.05) is 50.2 Å². The predicted molar refractivity (Wildman–Crippen MR) is 131 cm³/mol. The molecular weight excluding hydrogens is 444 g/mol. The van der Waals surface area contributed by atoms with Crippen LogP contribution in [0.15, 0.2) is 60.7 Å². The van der Waals surface area contributed by atoms with Crippen molar-refractivity contribution in [1.29, 1.82) is 0 Å². The van der Waals surface area contributed by atoms with Gasteiger partial charge in [0.15, 0.2) is 5.60 Å². The summed E-state index contributed by atoms with van der Waals surface area (Å²) < 4.78 is 23.7. The average molecular weight is 471 g/mol. The zero-order valence-corrected chi connectivity index (χ0v) is 19.7. The number of hydrogen-bond acceptors (Lipinski definition) is 7. The molecule has 3 aromatic carbocycles. The van der Waals surface area contributed by atoms with Gasteiger partial charge in [-0.05, 0) is 30.3 Å². The Morgan fingerprint density at radius 2 is 1.31 bits per heavy atom. The number of anilines is 2. The molecule has 4 heterocycles. The van der Waals surface area contributed by atoms with E-state index in [0.717, 1.165) is 54.2 Å². The lowest BCUT2D eigenvalue weighted by Gasteiger charge is -2.42. The van der Waals surface area contributed by atoms with Gasteiger partial charge in [-0.2, -0.15) is 0 Å². The van der Waals surface area contributed by atoms with Crippen LogP contribution in [0, 0.1) is 0 Å². The third-order valence-corrected chi connectivity index (χ3v) is 7.77. The van der Waals surface area contributed by atoms with E-state index in [-0.39, 0.29) is 18.2 Å². The molecule has 0 amide bonds. The highest BCUT2D eigenvalue weighted by Gasteiger charge is 2.53. The minimum Gasteiger partial charge on any atom is -0.456 e. The molecule has 7 rings (SSSR count). The number of methoxy groups -OCH3 is 2. The molecule has 7 nitrogen and oxygen atoms in total. The van der Waals surface area contributed by atoms with E-state index >= 15 is 0 Å². The van der Waals surface area contributed by atoms with E-state index in [1.807, 2.05) is 36.4 Å².